The summed E-state index contributed by atoms with van der Waals surface area (Å²) < 4.78 is 6.84. The van der Waals surface area contributed by atoms with Crippen LogP contribution in [0, 0.1) is 10.1 Å². The van der Waals surface area contributed by atoms with Crippen molar-refractivity contribution in [2.24, 2.45) is 0 Å². The van der Waals surface area contributed by atoms with Gasteiger partial charge >= 0.3 is 5.97 Å². The fourth-order valence-corrected chi connectivity index (χ4v) is 5.42. The summed E-state index contributed by atoms with van der Waals surface area (Å²) in [6.07, 6.45) is 5.60. The number of esters is 1. The van der Waals surface area contributed by atoms with Crippen molar-refractivity contribution in [3.05, 3.63) is 58.7 Å². The third-order valence-corrected chi connectivity index (χ3v) is 6.57. The van der Waals surface area contributed by atoms with Crippen LogP contribution in [0.3, 0.4) is 0 Å². The van der Waals surface area contributed by atoms with Gasteiger partial charge in [-0.25, -0.2) is 9.78 Å². The lowest BCUT2D eigenvalue weighted by Crippen LogP contribution is -2.58. The van der Waals surface area contributed by atoms with Gasteiger partial charge in [0.05, 0.1) is 27.8 Å². The number of amides is 1. The fourth-order valence-electron chi connectivity index (χ4n) is 3.66. The summed E-state index contributed by atoms with van der Waals surface area (Å²) in [4.78, 5) is 40.9. The molecule has 146 valence electrons. The van der Waals surface area contributed by atoms with E-state index in [1.54, 1.807) is 41.3 Å². The first kappa shape index (κ1) is 18.5. The Hall–Kier alpha value is -2.88. The predicted molar refractivity (Wildman–Crippen MR) is 100 cm³/mol. The topological polar surface area (TPSA) is 108 Å². The first-order chi connectivity index (χ1) is 13.4. The molecule has 1 aromatic carbocycles. The number of non-ortho nitro benzene ring substituents is 1. The zero-order valence-corrected chi connectivity index (χ0v) is 15.9. The number of benzene rings is 1. The molecule has 2 aromatic rings. The average Bonchev–Trinajstić information content (AvgIpc) is 3.24. The lowest BCUT2D eigenvalue weighted by Gasteiger charge is -2.37. The van der Waals surface area contributed by atoms with Crippen LogP contribution in [-0.4, -0.2) is 47.4 Å². The molecule has 0 radical (unpaired) electrons. The molecular formula is C18H18N4O5S. The maximum absolute atomic E-state index is 12.9. The van der Waals surface area contributed by atoms with Gasteiger partial charge in [-0.1, -0.05) is 0 Å². The number of imidazole rings is 1. The minimum Gasteiger partial charge on any atom is -0.459 e. The highest BCUT2D eigenvalue weighted by Gasteiger charge is 2.61. The van der Waals surface area contributed by atoms with Gasteiger partial charge in [-0.15, -0.1) is 11.8 Å². The number of carbonyl (C=O) groups is 2. The number of nitro benzene ring substituents is 1. The number of hydrogen-bond acceptors (Lipinski definition) is 7. The Balaban J connectivity index is 1.48. The van der Waals surface area contributed by atoms with E-state index in [4.69, 9.17) is 4.74 Å². The van der Waals surface area contributed by atoms with Crippen LogP contribution in [0.15, 0.2) is 43.0 Å². The molecule has 0 spiro atoms. The van der Waals surface area contributed by atoms with Crippen LogP contribution in [0.4, 0.5) is 5.69 Å². The van der Waals surface area contributed by atoms with E-state index < -0.39 is 21.7 Å². The Kier molecular flexibility index (Phi) is 4.58. The zero-order valence-electron chi connectivity index (χ0n) is 15.1. The van der Waals surface area contributed by atoms with Crippen molar-refractivity contribution in [2.45, 2.75) is 42.7 Å². The van der Waals surface area contributed by atoms with Crippen molar-refractivity contribution in [3.8, 4) is 0 Å². The Morgan fingerprint density at radius 3 is 2.79 bits per heavy atom. The molecule has 2 fully saturated rings. The molecule has 4 rings (SSSR count). The van der Waals surface area contributed by atoms with E-state index in [2.05, 4.69) is 4.98 Å². The summed E-state index contributed by atoms with van der Waals surface area (Å²) in [6, 6.07) is 5.15. The van der Waals surface area contributed by atoms with Crippen LogP contribution in [0.1, 0.15) is 18.9 Å². The monoisotopic (exact) mass is 402 g/mol. The largest absolute Gasteiger partial charge is 0.459 e. The molecule has 0 saturated carbocycles. The molecule has 9 nitrogen and oxygen atoms in total. The van der Waals surface area contributed by atoms with Crippen LogP contribution in [0.5, 0.6) is 0 Å². The highest BCUT2D eigenvalue weighted by atomic mass is 32.2. The summed E-state index contributed by atoms with van der Waals surface area (Å²) in [7, 11) is 0. The van der Waals surface area contributed by atoms with Crippen molar-refractivity contribution in [2.75, 3.05) is 0 Å². The van der Waals surface area contributed by atoms with Gasteiger partial charge in [0, 0.05) is 31.1 Å². The molecule has 2 aliphatic rings. The van der Waals surface area contributed by atoms with Crippen LogP contribution in [0.2, 0.25) is 0 Å². The maximum Gasteiger partial charge on any atom is 0.330 e. The summed E-state index contributed by atoms with van der Waals surface area (Å²) >= 11 is 1.61. The summed E-state index contributed by atoms with van der Waals surface area (Å²) in [5, 5.41) is 10.7. The maximum atomic E-state index is 12.9. The van der Waals surface area contributed by atoms with Crippen LogP contribution in [0.25, 0.3) is 0 Å². The van der Waals surface area contributed by atoms with E-state index in [-0.39, 0.29) is 23.6 Å². The van der Waals surface area contributed by atoms with E-state index in [1.807, 2.05) is 17.7 Å². The minimum atomic E-state index is -0.691. The van der Waals surface area contributed by atoms with E-state index in [9.17, 15) is 19.7 Å². The Morgan fingerprint density at radius 2 is 2.18 bits per heavy atom. The van der Waals surface area contributed by atoms with Gasteiger partial charge in [-0.05, 0) is 24.6 Å². The van der Waals surface area contributed by atoms with Crippen molar-refractivity contribution in [1.82, 2.24) is 14.5 Å². The molecule has 0 N–H and O–H groups in total. The van der Waals surface area contributed by atoms with Crippen LogP contribution < -0.4 is 0 Å². The van der Waals surface area contributed by atoms with Gasteiger partial charge in [-0.3, -0.25) is 14.9 Å². The second-order valence-corrected chi connectivity index (χ2v) is 8.77. The number of rotatable bonds is 6. The Labute approximate surface area is 164 Å². The Morgan fingerprint density at radius 1 is 1.43 bits per heavy atom. The van der Waals surface area contributed by atoms with Crippen molar-refractivity contribution in [1.29, 1.82) is 0 Å². The van der Waals surface area contributed by atoms with E-state index >= 15 is 0 Å². The second kappa shape index (κ2) is 6.93. The normalized spacial score (nSPS) is 25.9. The predicted octanol–water partition coefficient (Wildman–Crippen LogP) is 1.97. The molecule has 28 heavy (non-hydrogen) atoms. The van der Waals surface area contributed by atoms with E-state index in [0.717, 1.165) is 0 Å². The second-order valence-electron chi connectivity index (χ2n) is 7.06. The third-order valence-electron chi connectivity index (χ3n) is 5.02. The third kappa shape index (κ3) is 3.24. The highest BCUT2D eigenvalue weighted by molar-refractivity contribution is 8.01. The zero-order chi connectivity index (χ0) is 19.9. The summed E-state index contributed by atoms with van der Waals surface area (Å²) in [6.45, 7) is 2.47. The lowest BCUT2D eigenvalue weighted by molar-refractivity contribution is -0.384. The minimum absolute atomic E-state index is 0.00809. The Bertz CT molecular complexity index is 917. The molecule has 2 aliphatic heterocycles. The fraction of sp³-hybridized carbons (Fsp3) is 0.389. The number of thioether (sulfide) groups is 1. The van der Waals surface area contributed by atoms with E-state index in [0.29, 0.717) is 18.5 Å². The average molecular weight is 402 g/mol. The molecule has 0 bridgehead atoms. The van der Waals surface area contributed by atoms with Gasteiger partial charge in [-0.2, -0.15) is 0 Å². The number of carbonyl (C=O) groups excluding carboxylic acids is 2. The number of nitrogens with zero attached hydrogens (tertiary/aromatic N) is 4. The standard InChI is InChI=1S/C18H18N4O5S/c1-18(10-20-7-6-19-11-20)16(21-14(23)8-15(21)28-18)17(24)27-9-12-2-4-13(5-3-12)22(25)26/h2-7,11,15-16H,8-10H2,1H3/t15-,16-,18-/m0/s1. The molecule has 0 unspecified atom stereocenters. The van der Waals surface area contributed by atoms with Crippen molar-refractivity contribution < 1.29 is 19.2 Å². The quantitative estimate of drug-likeness (QED) is 0.315. The highest BCUT2D eigenvalue weighted by Crippen LogP contribution is 2.52. The summed E-state index contributed by atoms with van der Waals surface area (Å²) in [5.41, 5.74) is 0.622. The van der Waals surface area contributed by atoms with Gasteiger partial charge < -0.3 is 14.2 Å². The van der Waals surface area contributed by atoms with Crippen LogP contribution >= 0.6 is 11.8 Å². The molecule has 2 saturated heterocycles. The smallest absolute Gasteiger partial charge is 0.330 e. The van der Waals surface area contributed by atoms with Gasteiger partial charge in [0.2, 0.25) is 5.91 Å². The van der Waals surface area contributed by atoms with Crippen LogP contribution in [-0.2, 0) is 27.5 Å². The lowest BCUT2D eigenvalue weighted by atomic mass is 9.96. The molecule has 3 heterocycles. The first-order valence-electron chi connectivity index (χ1n) is 8.72. The van der Waals surface area contributed by atoms with E-state index in [1.165, 1.54) is 12.1 Å². The van der Waals surface area contributed by atoms with Crippen molar-refractivity contribution in [3.63, 3.8) is 0 Å². The molecule has 10 heteroatoms. The SMILES string of the molecule is C[C@@]1(Cn2ccnc2)S[C@H]2CC(=O)N2[C@H]1C(=O)OCc1ccc([N+](=O)[O-])cc1. The number of β-lactam (4-membered cyclic amide) rings is 1. The molecule has 1 amide bonds. The van der Waals surface area contributed by atoms with Gasteiger partial charge in [0.1, 0.15) is 12.6 Å². The van der Waals surface area contributed by atoms with Crippen molar-refractivity contribution >= 4 is 29.3 Å². The number of nitro groups is 1. The summed E-state index contributed by atoms with van der Waals surface area (Å²) in [5.74, 6) is -0.520. The van der Waals surface area contributed by atoms with Gasteiger partial charge in [0.15, 0.2) is 0 Å². The number of fused-ring (bicyclic) bond motifs is 1. The number of hydrogen-bond donors (Lipinski definition) is 0. The molecule has 0 aliphatic carbocycles. The molecule has 3 atom stereocenters. The molecule has 1 aromatic heterocycles. The van der Waals surface area contributed by atoms with Gasteiger partial charge in [0.25, 0.3) is 5.69 Å². The number of ether oxygens (including phenoxy) is 1. The first-order valence-corrected chi connectivity index (χ1v) is 9.60. The molecular weight excluding hydrogens is 384 g/mol. The number of aromatic nitrogens is 2.